The summed E-state index contributed by atoms with van der Waals surface area (Å²) >= 11 is 1.55. The van der Waals surface area contributed by atoms with E-state index in [1.165, 1.54) is 0 Å². The third kappa shape index (κ3) is 3.54. The van der Waals surface area contributed by atoms with Crippen LogP contribution in [0.25, 0.3) is 6.08 Å². The van der Waals surface area contributed by atoms with Gasteiger partial charge in [-0.15, -0.1) is 11.8 Å². The van der Waals surface area contributed by atoms with Crippen molar-refractivity contribution in [2.24, 2.45) is 0 Å². The number of nitrogens with one attached hydrogen (secondary N) is 1. The topological polar surface area (TPSA) is 60.5 Å². The van der Waals surface area contributed by atoms with Crippen LogP contribution in [0.1, 0.15) is 12.5 Å². The highest BCUT2D eigenvalue weighted by Crippen LogP contribution is 2.35. The van der Waals surface area contributed by atoms with Gasteiger partial charge in [-0.05, 0) is 37.5 Å². The molecule has 1 aliphatic heterocycles. The molecule has 1 N–H and O–H groups in total. The van der Waals surface area contributed by atoms with Crippen LogP contribution in [0.15, 0.2) is 47.1 Å². The first kappa shape index (κ1) is 16.4. The summed E-state index contributed by atoms with van der Waals surface area (Å²) in [6.07, 6.45) is 5.44. The Bertz CT molecular complexity index is 772. The van der Waals surface area contributed by atoms with Crippen molar-refractivity contribution < 1.29 is 14.3 Å². The molecule has 0 unspecified atom stereocenters. The number of carbonyl (C=O) groups excluding carboxylic acids is 1. The molecule has 0 spiro atoms. The Morgan fingerprint density at radius 2 is 2.25 bits per heavy atom. The highest BCUT2D eigenvalue weighted by molar-refractivity contribution is 7.98. The largest absolute Gasteiger partial charge is 0.490 e. The fourth-order valence-electron chi connectivity index (χ4n) is 2.37. The van der Waals surface area contributed by atoms with Crippen LogP contribution >= 0.6 is 11.8 Å². The first-order valence-electron chi connectivity index (χ1n) is 7.62. The van der Waals surface area contributed by atoms with Crippen molar-refractivity contribution in [2.45, 2.75) is 11.9 Å². The number of hydrogen-bond donors (Lipinski definition) is 1. The number of anilines is 1. The first-order valence-corrected chi connectivity index (χ1v) is 8.84. The Morgan fingerprint density at radius 3 is 2.96 bits per heavy atom. The van der Waals surface area contributed by atoms with Gasteiger partial charge in [0.25, 0.3) is 5.91 Å². The van der Waals surface area contributed by atoms with Crippen molar-refractivity contribution in [3.63, 3.8) is 0 Å². The third-order valence-electron chi connectivity index (χ3n) is 3.51. The third-order valence-corrected chi connectivity index (χ3v) is 4.17. The van der Waals surface area contributed by atoms with E-state index in [-0.39, 0.29) is 12.5 Å². The number of ether oxygens (including phenoxy) is 2. The molecule has 6 heteroatoms. The van der Waals surface area contributed by atoms with Gasteiger partial charge in [-0.2, -0.15) is 0 Å². The summed E-state index contributed by atoms with van der Waals surface area (Å²) in [7, 11) is 0. The second-order valence-electron chi connectivity index (χ2n) is 5.11. The average molecular weight is 342 g/mol. The predicted octanol–water partition coefficient (Wildman–Crippen LogP) is 3.62. The molecule has 0 radical (unpaired) electrons. The van der Waals surface area contributed by atoms with Crippen LogP contribution < -0.4 is 14.8 Å². The van der Waals surface area contributed by atoms with E-state index in [0.717, 1.165) is 10.6 Å². The molecular formula is C18H18N2O3S. The molecule has 2 aromatic rings. The van der Waals surface area contributed by atoms with Gasteiger partial charge in [-0.25, -0.2) is 4.98 Å². The lowest BCUT2D eigenvalue weighted by atomic mass is 10.1. The SMILES string of the molecule is CCOc1cccc2c1OCC(C(=O)Nc1ccc(SC)nc1)=C2. The van der Waals surface area contributed by atoms with Crippen LogP contribution in [0.4, 0.5) is 5.69 Å². The van der Waals surface area contributed by atoms with E-state index in [9.17, 15) is 4.79 Å². The molecule has 0 saturated carbocycles. The first-order chi connectivity index (χ1) is 11.7. The zero-order valence-corrected chi connectivity index (χ0v) is 14.4. The monoisotopic (exact) mass is 342 g/mol. The lowest BCUT2D eigenvalue weighted by Crippen LogP contribution is -2.21. The van der Waals surface area contributed by atoms with Crippen LogP contribution in [0.3, 0.4) is 0 Å². The van der Waals surface area contributed by atoms with E-state index < -0.39 is 0 Å². The zero-order chi connectivity index (χ0) is 16.9. The second-order valence-corrected chi connectivity index (χ2v) is 5.94. The van der Waals surface area contributed by atoms with Crippen LogP contribution in [0.2, 0.25) is 0 Å². The van der Waals surface area contributed by atoms with Crippen molar-refractivity contribution >= 4 is 29.4 Å². The van der Waals surface area contributed by atoms with Crippen molar-refractivity contribution in [3.8, 4) is 11.5 Å². The highest BCUT2D eigenvalue weighted by Gasteiger charge is 2.20. The van der Waals surface area contributed by atoms with Gasteiger partial charge in [-0.3, -0.25) is 4.79 Å². The molecule has 24 heavy (non-hydrogen) atoms. The molecule has 2 heterocycles. The van der Waals surface area contributed by atoms with Crippen molar-refractivity contribution in [2.75, 3.05) is 24.8 Å². The van der Waals surface area contributed by atoms with Crippen molar-refractivity contribution in [3.05, 3.63) is 47.7 Å². The van der Waals surface area contributed by atoms with Crippen LogP contribution in [-0.2, 0) is 4.79 Å². The van der Waals surface area contributed by atoms with E-state index in [1.807, 2.05) is 49.6 Å². The number of rotatable bonds is 5. The number of para-hydroxylation sites is 1. The number of carbonyl (C=O) groups is 1. The van der Waals surface area contributed by atoms with Crippen LogP contribution in [0, 0.1) is 0 Å². The summed E-state index contributed by atoms with van der Waals surface area (Å²) in [5.74, 6) is 1.19. The highest BCUT2D eigenvalue weighted by atomic mass is 32.2. The van der Waals surface area contributed by atoms with E-state index in [0.29, 0.717) is 29.4 Å². The molecular weight excluding hydrogens is 324 g/mol. The molecule has 0 saturated heterocycles. The van der Waals surface area contributed by atoms with E-state index in [1.54, 1.807) is 18.0 Å². The Balaban J connectivity index is 1.77. The number of nitrogens with zero attached hydrogens (tertiary/aromatic N) is 1. The van der Waals surface area contributed by atoms with Gasteiger partial charge in [0.2, 0.25) is 0 Å². The van der Waals surface area contributed by atoms with Gasteiger partial charge in [0, 0.05) is 5.56 Å². The summed E-state index contributed by atoms with van der Waals surface area (Å²) in [4.78, 5) is 16.7. The number of thioether (sulfide) groups is 1. The zero-order valence-electron chi connectivity index (χ0n) is 13.5. The van der Waals surface area contributed by atoms with Crippen LogP contribution in [-0.4, -0.2) is 30.4 Å². The van der Waals surface area contributed by atoms with E-state index in [2.05, 4.69) is 10.3 Å². The lowest BCUT2D eigenvalue weighted by Gasteiger charge is -2.20. The number of benzene rings is 1. The summed E-state index contributed by atoms with van der Waals surface area (Å²) in [5, 5.41) is 3.75. The molecule has 3 rings (SSSR count). The smallest absolute Gasteiger partial charge is 0.255 e. The van der Waals surface area contributed by atoms with Gasteiger partial charge in [0.1, 0.15) is 6.61 Å². The fourth-order valence-corrected chi connectivity index (χ4v) is 2.73. The molecule has 0 fully saturated rings. The molecule has 124 valence electrons. The Kier molecular flexibility index (Phi) is 5.05. The predicted molar refractivity (Wildman–Crippen MR) is 95.7 cm³/mol. The maximum Gasteiger partial charge on any atom is 0.255 e. The minimum Gasteiger partial charge on any atom is -0.490 e. The van der Waals surface area contributed by atoms with Crippen molar-refractivity contribution in [1.82, 2.24) is 4.98 Å². The molecule has 5 nitrogen and oxygen atoms in total. The maximum absolute atomic E-state index is 12.4. The Labute approximate surface area is 145 Å². The van der Waals surface area contributed by atoms with Crippen molar-refractivity contribution in [1.29, 1.82) is 0 Å². The molecule has 0 atom stereocenters. The molecule has 0 bridgehead atoms. The van der Waals surface area contributed by atoms with Crippen LogP contribution in [0.5, 0.6) is 11.5 Å². The summed E-state index contributed by atoms with van der Waals surface area (Å²) in [6, 6.07) is 9.35. The lowest BCUT2D eigenvalue weighted by molar-refractivity contribution is -0.113. The number of fused-ring (bicyclic) bond motifs is 1. The second kappa shape index (κ2) is 7.40. The van der Waals surface area contributed by atoms with Gasteiger partial charge < -0.3 is 14.8 Å². The molecule has 1 aromatic heterocycles. The van der Waals surface area contributed by atoms with E-state index >= 15 is 0 Å². The van der Waals surface area contributed by atoms with Gasteiger partial charge in [0.15, 0.2) is 11.5 Å². The maximum atomic E-state index is 12.4. The standard InChI is InChI=1S/C18H18N2O3S/c1-3-22-15-6-4-5-12-9-13(11-23-17(12)15)18(21)20-14-7-8-16(24-2)19-10-14/h4-10H,3,11H2,1-2H3,(H,20,21). The summed E-state index contributed by atoms with van der Waals surface area (Å²) < 4.78 is 11.3. The van der Waals surface area contributed by atoms with Gasteiger partial charge in [-0.1, -0.05) is 12.1 Å². The minimum absolute atomic E-state index is 0.193. The Hall–Kier alpha value is -2.47. The minimum atomic E-state index is -0.193. The molecule has 1 aromatic carbocycles. The average Bonchev–Trinajstić information content (AvgIpc) is 2.62. The normalized spacial score (nSPS) is 12.7. The summed E-state index contributed by atoms with van der Waals surface area (Å²) in [5.41, 5.74) is 2.06. The molecule has 1 aliphatic rings. The quantitative estimate of drug-likeness (QED) is 0.841. The number of pyridine rings is 1. The summed E-state index contributed by atoms with van der Waals surface area (Å²) in [6.45, 7) is 2.70. The van der Waals surface area contributed by atoms with Gasteiger partial charge >= 0.3 is 0 Å². The van der Waals surface area contributed by atoms with Gasteiger partial charge in [0.05, 0.1) is 29.1 Å². The van der Waals surface area contributed by atoms with E-state index in [4.69, 9.17) is 9.47 Å². The Morgan fingerprint density at radius 1 is 1.38 bits per heavy atom. The molecule has 1 amide bonds. The number of amides is 1. The fraction of sp³-hybridized carbons (Fsp3) is 0.222. The number of hydrogen-bond acceptors (Lipinski definition) is 5. The molecule has 0 aliphatic carbocycles. The number of aromatic nitrogens is 1.